The second-order valence-electron chi connectivity index (χ2n) is 5.50. The maximum Gasteiger partial charge on any atom is 0.341 e. The number of nitrogens with zero attached hydrogens (tertiary/aromatic N) is 2. The fourth-order valence-corrected chi connectivity index (χ4v) is 3.83. The van der Waals surface area contributed by atoms with Crippen LogP contribution in [0.5, 0.6) is 0 Å². The van der Waals surface area contributed by atoms with Gasteiger partial charge in [0.25, 0.3) is 6.43 Å². The number of amides is 1. The first-order valence-corrected chi connectivity index (χ1v) is 9.36. The highest BCUT2D eigenvalue weighted by molar-refractivity contribution is 9.10. The number of esters is 1. The highest BCUT2D eigenvalue weighted by atomic mass is 79.9. The van der Waals surface area contributed by atoms with Crippen LogP contribution in [0.4, 0.5) is 13.8 Å². The van der Waals surface area contributed by atoms with Crippen molar-refractivity contribution in [2.75, 3.05) is 11.9 Å². The second-order valence-corrected chi connectivity index (χ2v) is 7.52. The summed E-state index contributed by atoms with van der Waals surface area (Å²) >= 11 is 4.32. The molecule has 0 radical (unpaired) electrons. The Bertz CT molecular complexity index is 848. The Balaban J connectivity index is 2.23. The molecule has 0 spiro atoms. The Kier molecular flexibility index (Phi) is 6.51. The Morgan fingerprint density at radius 3 is 2.54 bits per heavy atom. The lowest BCUT2D eigenvalue weighted by molar-refractivity contribution is -0.116. The van der Waals surface area contributed by atoms with Crippen molar-refractivity contribution in [2.45, 2.75) is 40.7 Å². The molecule has 0 aliphatic carbocycles. The molecule has 2 heterocycles. The third kappa shape index (κ3) is 4.12. The van der Waals surface area contributed by atoms with Crippen LogP contribution < -0.4 is 5.32 Å². The molecular formula is C16H18BrF2N3O3S. The number of anilines is 1. The van der Waals surface area contributed by atoms with Gasteiger partial charge in [-0.15, -0.1) is 11.3 Å². The van der Waals surface area contributed by atoms with Gasteiger partial charge in [0.1, 0.15) is 17.2 Å². The zero-order valence-corrected chi connectivity index (χ0v) is 17.1. The monoisotopic (exact) mass is 449 g/mol. The van der Waals surface area contributed by atoms with E-state index in [0.717, 1.165) is 10.4 Å². The Hall–Kier alpha value is -1.81. The standard InChI is InChI=1S/C16H18BrF2N3O3S/c1-5-25-16(24)11-7(2)9(4)26-15(11)20-10(23)6-22-8(3)12(17)13(21-22)14(18)19/h14H,5-6H2,1-4H3,(H,20,23). The van der Waals surface area contributed by atoms with Gasteiger partial charge < -0.3 is 10.1 Å². The molecule has 0 fully saturated rings. The maximum absolute atomic E-state index is 12.9. The van der Waals surface area contributed by atoms with Crippen LogP contribution in [0.25, 0.3) is 0 Å². The van der Waals surface area contributed by atoms with Crippen LogP contribution in [0.1, 0.15) is 45.5 Å². The van der Waals surface area contributed by atoms with Crippen LogP contribution in [-0.4, -0.2) is 28.3 Å². The topological polar surface area (TPSA) is 73.2 Å². The molecule has 0 aliphatic rings. The van der Waals surface area contributed by atoms with E-state index in [-0.39, 0.29) is 17.6 Å². The molecule has 0 saturated heterocycles. The molecule has 10 heteroatoms. The van der Waals surface area contributed by atoms with Crippen LogP contribution in [-0.2, 0) is 16.1 Å². The number of hydrogen-bond donors (Lipinski definition) is 1. The average Bonchev–Trinajstić information content (AvgIpc) is 2.98. The zero-order valence-electron chi connectivity index (χ0n) is 14.7. The van der Waals surface area contributed by atoms with E-state index in [1.807, 2.05) is 6.92 Å². The van der Waals surface area contributed by atoms with Crippen LogP contribution >= 0.6 is 27.3 Å². The lowest BCUT2D eigenvalue weighted by Gasteiger charge is -2.08. The van der Waals surface area contributed by atoms with E-state index in [1.165, 1.54) is 16.0 Å². The lowest BCUT2D eigenvalue weighted by Crippen LogP contribution is -2.21. The predicted molar refractivity (Wildman–Crippen MR) is 98.0 cm³/mol. The van der Waals surface area contributed by atoms with Crippen molar-refractivity contribution in [1.82, 2.24) is 9.78 Å². The number of hydrogen-bond acceptors (Lipinski definition) is 5. The third-order valence-corrected chi connectivity index (χ3v) is 5.88. The smallest absolute Gasteiger partial charge is 0.341 e. The maximum atomic E-state index is 12.9. The van der Waals surface area contributed by atoms with E-state index >= 15 is 0 Å². The normalized spacial score (nSPS) is 11.1. The first-order chi connectivity index (χ1) is 12.2. The molecule has 0 aromatic carbocycles. The van der Waals surface area contributed by atoms with Crippen molar-refractivity contribution < 1.29 is 23.1 Å². The van der Waals surface area contributed by atoms with Gasteiger partial charge in [-0.25, -0.2) is 13.6 Å². The van der Waals surface area contributed by atoms with Crippen molar-refractivity contribution in [1.29, 1.82) is 0 Å². The van der Waals surface area contributed by atoms with Gasteiger partial charge in [-0.05, 0) is 49.2 Å². The lowest BCUT2D eigenvalue weighted by atomic mass is 10.1. The molecule has 0 unspecified atom stereocenters. The summed E-state index contributed by atoms with van der Waals surface area (Å²) in [5.74, 6) is -0.988. The third-order valence-electron chi connectivity index (χ3n) is 3.78. The van der Waals surface area contributed by atoms with Crippen molar-refractivity contribution >= 4 is 44.1 Å². The molecule has 1 amide bonds. The summed E-state index contributed by atoms with van der Waals surface area (Å²) in [6, 6.07) is 0. The summed E-state index contributed by atoms with van der Waals surface area (Å²) in [6.07, 6.45) is -2.75. The number of carbonyl (C=O) groups excluding carboxylic acids is 2. The molecule has 0 aliphatic heterocycles. The van der Waals surface area contributed by atoms with E-state index in [2.05, 4.69) is 26.3 Å². The highest BCUT2D eigenvalue weighted by Crippen LogP contribution is 2.33. The number of nitrogens with one attached hydrogen (secondary N) is 1. The fraction of sp³-hybridized carbons (Fsp3) is 0.438. The summed E-state index contributed by atoms with van der Waals surface area (Å²) in [7, 11) is 0. The number of halogens is 3. The Labute approximate surface area is 161 Å². The average molecular weight is 450 g/mol. The second kappa shape index (κ2) is 8.26. The summed E-state index contributed by atoms with van der Waals surface area (Å²) in [5, 5.41) is 6.81. The van der Waals surface area contributed by atoms with Gasteiger partial charge in [-0.2, -0.15) is 5.10 Å². The molecule has 2 rings (SSSR count). The van der Waals surface area contributed by atoms with Crippen molar-refractivity contribution in [3.8, 4) is 0 Å². The van der Waals surface area contributed by atoms with E-state index < -0.39 is 24.0 Å². The van der Waals surface area contributed by atoms with Gasteiger partial charge in [-0.3, -0.25) is 9.48 Å². The van der Waals surface area contributed by atoms with Crippen molar-refractivity contribution in [3.05, 3.63) is 31.9 Å². The van der Waals surface area contributed by atoms with Crippen molar-refractivity contribution in [3.63, 3.8) is 0 Å². The quantitative estimate of drug-likeness (QED) is 0.663. The molecule has 0 atom stereocenters. The first-order valence-electron chi connectivity index (χ1n) is 7.75. The summed E-state index contributed by atoms with van der Waals surface area (Å²) in [5.41, 5.74) is 1.06. The number of carbonyl (C=O) groups is 2. The van der Waals surface area contributed by atoms with Gasteiger partial charge in [0.15, 0.2) is 0 Å². The van der Waals surface area contributed by atoms with Crippen molar-refractivity contribution in [2.24, 2.45) is 0 Å². The molecule has 2 aromatic heterocycles. The molecular weight excluding hydrogens is 432 g/mol. The number of ether oxygens (including phenoxy) is 1. The van der Waals surface area contributed by atoms with Gasteiger partial charge in [-0.1, -0.05) is 0 Å². The van der Waals surface area contributed by atoms with Gasteiger partial charge in [0, 0.05) is 4.88 Å². The van der Waals surface area contributed by atoms with Crippen LogP contribution in [0.2, 0.25) is 0 Å². The largest absolute Gasteiger partial charge is 0.462 e. The van der Waals surface area contributed by atoms with Gasteiger partial charge >= 0.3 is 5.97 Å². The van der Waals surface area contributed by atoms with E-state index in [9.17, 15) is 18.4 Å². The highest BCUT2D eigenvalue weighted by Gasteiger charge is 2.24. The van der Waals surface area contributed by atoms with Gasteiger partial charge in [0.2, 0.25) is 5.91 Å². The van der Waals surface area contributed by atoms with Crippen LogP contribution in [0.3, 0.4) is 0 Å². The molecule has 0 bridgehead atoms. The molecule has 26 heavy (non-hydrogen) atoms. The molecule has 142 valence electrons. The van der Waals surface area contributed by atoms with Crippen LogP contribution in [0.15, 0.2) is 4.47 Å². The SMILES string of the molecule is CCOC(=O)c1c(NC(=O)Cn2nc(C(F)F)c(Br)c2C)sc(C)c1C. The summed E-state index contributed by atoms with van der Waals surface area (Å²) in [4.78, 5) is 25.4. The Morgan fingerprint density at radius 2 is 2.00 bits per heavy atom. The number of aryl methyl sites for hydroxylation is 1. The summed E-state index contributed by atoms with van der Waals surface area (Å²) in [6.45, 7) is 6.86. The zero-order chi connectivity index (χ0) is 19.6. The minimum Gasteiger partial charge on any atom is -0.462 e. The predicted octanol–water partition coefficient (Wildman–Crippen LogP) is 4.39. The number of aromatic nitrogens is 2. The molecule has 2 aromatic rings. The Morgan fingerprint density at radius 1 is 1.35 bits per heavy atom. The summed E-state index contributed by atoms with van der Waals surface area (Å²) < 4.78 is 32.2. The minimum absolute atomic E-state index is 0.176. The van der Waals surface area contributed by atoms with Gasteiger partial charge in [0.05, 0.1) is 22.3 Å². The number of rotatable bonds is 6. The van der Waals surface area contributed by atoms with Crippen LogP contribution in [0, 0.1) is 20.8 Å². The molecule has 1 N–H and O–H groups in total. The first kappa shape index (κ1) is 20.5. The van der Waals surface area contributed by atoms with E-state index in [4.69, 9.17) is 4.74 Å². The number of thiophene rings is 1. The van der Waals surface area contributed by atoms with E-state index in [0.29, 0.717) is 16.3 Å². The van der Waals surface area contributed by atoms with E-state index in [1.54, 1.807) is 20.8 Å². The number of alkyl halides is 2. The fourth-order valence-electron chi connectivity index (χ4n) is 2.31. The molecule has 6 nitrogen and oxygen atoms in total. The minimum atomic E-state index is -2.75. The molecule has 0 saturated carbocycles.